The van der Waals surface area contributed by atoms with Crippen molar-refractivity contribution >= 4 is 37.7 Å². The summed E-state index contributed by atoms with van der Waals surface area (Å²) in [6.07, 6.45) is 1.25. The van der Waals surface area contributed by atoms with Gasteiger partial charge in [-0.25, -0.2) is 0 Å². The number of hydrogen-bond acceptors (Lipinski definition) is 0. The van der Waals surface area contributed by atoms with Gasteiger partial charge >= 0.3 is 37.7 Å². The van der Waals surface area contributed by atoms with Crippen molar-refractivity contribution in [2.24, 2.45) is 0 Å². The van der Waals surface area contributed by atoms with Gasteiger partial charge in [0.2, 0.25) is 0 Å². The van der Waals surface area contributed by atoms with Gasteiger partial charge in [0, 0.05) is 0 Å². The zero-order chi connectivity index (χ0) is 2.71. The van der Waals surface area contributed by atoms with Crippen molar-refractivity contribution in [1.29, 1.82) is 0 Å². The molecule has 0 aromatic heterocycles. The molecule has 0 unspecified atom stereocenters. The van der Waals surface area contributed by atoms with Gasteiger partial charge in [-0.2, -0.15) is 0 Å². The Morgan fingerprint density at radius 3 is 1.00 bits per heavy atom. The van der Waals surface area contributed by atoms with E-state index in [1.54, 1.807) is 0 Å². The molecule has 0 fully saturated rings. The van der Waals surface area contributed by atoms with Crippen molar-refractivity contribution in [3.63, 3.8) is 0 Å². The average molecular weight is 60.0 g/mol. The van der Waals surface area contributed by atoms with Gasteiger partial charge in [0.15, 0.2) is 0 Å². The van der Waals surface area contributed by atoms with Crippen LogP contribution in [0.1, 0.15) is 20.3 Å². The van der Waals surface area contributed by atoms with Crippen LogP contribution in [0.4, 0.5) is 0 Å². The van der Waals surface area contributed by atoms with Crippen LogP contribution in [0.2, 0.25) is 0 Å². The first-order valence-electron chi connectivity index (χ1n) is 1.41. The Labute approximate surface area is 58.1 Å². The van der Waals surface area contributed by atoms with Crippen molar-refractivity contribution in [3.05, 3.63) is 0 Å². The Kier molecular flexibility index (Phi) is 62.2. The zero-order valence-electron chi connectivity index (χ0n) is 2.71. The Morgan fingerprint density at radius 2 is 1.00 bits per heavy atom. The van der Waals surface area contributed by atoms with Crippen LogP contribution >= 0.6 is 0 Å². The van der Waals surface area contributed by atoms with E-state index in [-0.39, 0.29) is 37.7 Å². The first-order chi connectivity index (χ1) is 1.41. The summed E-state index contributed by atoms with van der Waals surface area (Å²) >= 11 is 0. The normalized spacial score (nSPS) is 3.60. The Hall–Kier alpha value is 1.19. The average Bonchev–Trinajstić information content (AvgIpc) is 0.918. The molecule has 0 aliphatic heterocycles. The van der Waals surface area contributed by atoms with Gasteiger partial charge in [-0.15, -0.1) is 0 Å². The molecule has 2 heteroatoms. The van der Waals surface area contributed by atoms with Crippen molar-refractivity contribution in [1.82, 2.24) is 0 Å². The van der Waals surface area contributed by atoms with Crippen LogP contribution in [0, 0.1) is 0 Å². The molecule has 0 atom stereocenters. The first-order valence-corrected chi connectivity index (χ1v) is 1.41. The van der Waals surface area contributed by atoms with Crippen LogP contribution < -0.4 is 0 Å². The van der Waals surface area contributed by atoms with Crippen LogP contribution in [0.5, 0.6) is 0 Å². The summed E-state index contributed by atoms with van der Waals surface area (Å²) in [6.45, 7) is 4.25. The second-order valence-electron chi connectivity index (χ2n) is 0.707. The fraction of sp³-hybridized carbons (Fsp3) is 1.00. The molecule has 0 aliphatic carbocycles. The van der Waals surface area contributed by atoms with Crippen LogP contribution in [0.15, 0.2) is 0 Å². The fourth-order valence-corrected chi connectivity index (χ4v) is 0. The number of hydrogen-bond donors (Lipinski definition) is 0. The van der Waals surface area contributed by atoms with E-state index in [1.165, 1.54) is 6.42 Å². The predicted molar refractivity (Wildman–Crippen MR) is 30.3 cm³/mol. The molecule has 0 saturated carbocycles. The van der Waals surface area contributed by atoms with Crippen molar-refractivity contribution in [2.75, 3.05) is 0 Å². The van der Waals surface area contributed by atoms with E-state index in [2.05, 4.69) is 13.8 Å². The maximum absolute atomic E-state index is 2.12. The Bertz CT molecular complexity index is 4.85. The van der Waals surface area contributed by atoms with Crippen molar-refractivity contribution in [2.45, 2.75) is 20.3 Å². The first kappa shape index (κ1) is 16.4. The topological polar surface area (TPSA) is 0 Å². The summed E-state index contributed by atoms with van der Waals surface area (Å²) in [5.74, 6) is 0. The van der Waals surface area contributed by atoms with Gasteiger partial charge in [0.1, 0.15) is 0 Å². The van der Waals surface area contributed by atoms with Crippen molar-refractivity contribution in [3.8, 4) is 0 Å². The van der Waals surface area contributed by atoms with E-state index < -0.39 is 0 Å². The van der Waals surface area contributed by atoms with E-state index >= 15 is 0 Å². The van der Waals surface area contributed by atoms with Crippen LogP contribution in [0.3, 0.4) is 0 Å². The standard InChI is InChI=1S/C3H8.2Li.2H/c1-3-2;;;;/h3H2,1-2H3;;;;. The van der Waals surface area contributed by atoms with Crippen molar-refractivity contribution < 1.29 is 0 Å². The van der Waals surface area contributed by atoms with E-state index in [0.29, 0.717) is 0 Å². The van der Waals surface area contributed by atoms with Gasteiger partial charge in [-0.1, -0.05) is 20.3 Å². The Balaban J connectivity index is -0.0000000200. The Morgan fingerprint density at radius 1 is 1.00 bits per heavy atom. The number of rotatable bonds is 0. The van der Waals surface area contributed by atoms with Gasteiger partial charge in [-0.05, 0) is 0 Å². The summed E-state index contributed by atoms with van der Waals surface area (Å²) in [5.41, 5.74) is 0. The molecular weight excluding hydrogens is 49.9 g/mol. The second kappa shape index (κ2) is 19.0. The molecular formula is C3H10Li2. The van der Waals surface area contributed by atoms with Crippen LogP contribution in [-0.4, -0.2) is 37.7 Å². The maximum atomic E-state index is 2.12. The molecule has 0 saturated heterocycles. The molecule has 0 rings (SSSR count). The second-order valence-corrected chi connectivity index (χ2v) is 0.707. The molecule has 5 heavy (non-hydrogen) atoms. The SMILES string of the molecule is CCC.[LiH].[LiH]. The quantitative estimate of drug-likeness (QED) is 0.348. The zero-order valence-corrected chi connectivity index (χ0v) is 2.71. The molecule has 24 valence electrons. The predicted octanol–water partition coefficient (Wildman–Crippen LogP) is 0.119. The fourth-order valence-electron chi connectivity index (χ4n) is 0. The molecule has 0 aromatic carbocycles. The summed E-state index contributed by atoms with van der Waals surface area (Å²) in [5, 5.41) is 0. The minimum atomic E-state index is 0. The summed E-state index contributed by atoms with van der Waals surface area (Å²) in [4.78, 5) is 0. The molecule has 0 spiro atoms. The summed E-state index contributed by atoms with van der Waals surface area (Å²) in [6, 6.07) is 0. The third-order valence-corrected chi connectivity index (χ3v) is 0. The van der Waals surface area contributed by atoms with Crippen LogP contribution in [-0.2, 0) is 0 Å². The molecule has 0 amide bonds. The molecule has 0 bridgehead atoms. The molecule has 0 heterocycles. The molecule has 0 aliphatic rings. The monoisotopic (exact) mass is 60.1 g/mol. The van der Waals surface area contributed by atoms with E-state index in [4.69, 9.17) is 0 Å². The third kappa shape index (κ3) is 37.1. The molecule has 0 nitrogen and oxygen atoms in total. The van der Waals surface area contributed by atoms with Gasteiger partial charge in [0.05, 0.1) is 0 Å². The summed E-state index contributed by atoms with van der Waals surface area (Å²) < 4.78 is 0. The molecule has 0 radical (unpaired) electrons. The van der Waals surface area contributed by atoms with Gasteiger partial charge in [0.25, 0.3) is 0 Å². The van der Waals surface area contributed by atoms with E-state index in [9.17, 15) is 0 Å². The van der Waals surface area contributed by atoms with Crippen LogP contribution in [0.25, 0.3) is 0 Å². The minimum absolute atomic E-state index is 0. The molecule has 0 N–H and O–H groups in total. The van der Waals surface area contributed by atoms with Gasteiger partial charge in [-0.3, -0.25) is 0 Å². The van der Waals surface area contributed by atoms with E-state index in [0.717, 1.165) is 0 Å². The van der Waals surface area contributed by atoms with Gasteiger partial charge < -0.3 is 0 Å². The molecule has 0 aromatic rings. The third-order valence-electron chi connectivity index (χ3n) is 0. The van der Waals surface area contributed by atoms with E-state index in [1.807, 2.05) is 0 Å². The summed E-state index contributed by atoms with van der Waals surface area (Å²) in [7, 11) is 0.